The summed E-state index contributed by atoms with van der Waals surface area (Å²) in [5.74, 6) is -0.305. The molecule has 2 aromatic carbocycles. The second kappa shape index (κ2) is 10.2. The molecular formula is C27H27NO5. The number of benzene rings is 2. The van der Waals surface area contributed by atoms with E-state index in [0.29, 0.717) is 23.5 Å². The molecule has 1 aliphatic heterocycles. The number of hydrogen-bond acceptors (Lipinski definition) is 5. The summed E-state index contributed by atoms with van der Waals surface area (Å²) in [4.78, 5) is 27.5. The molecule has 0 aliphatic carbocycles. The number of unbranched alkanes of at least 4 members (excludes halogenated alkanes) is 2. The Morgan fingerprint density at radius 3 is 2.42 bits per heavy atom. The van der Waals surface area contributed by atoms with Crippen molar-refractivity contribution in [2.75, 3.05) is 6.61 Å². The van der Waals surface area contributed by atoms with Crippen LogP contribution in [0.15, 0.2) is 83.0 Å². The molecule has 4 rings (SSSR count). The van der Waals surface area contributed by atoms with Gasteiger partial charge in [0, 0.05) is 5.56 Å². The van der Waals surface area contributed by atoms with E-state index in [1.165, 1.54) is 11.2 Å². The lowest BCUT2D eigenvalue weighted by Crippen LogP contribution is -2.29. The third-order valence-electron chi connectivity index (χ3n) is 5.71. The highest BCUT2D eigenvalue weighted by Crippen LogP contribution is 2.40. The molecule has 1 amide bonds. The zero-order chi connectivity index (χ0) is 23.2. The van der Waals surface area contributed by atoms with Crippen molar-refractivity contribution in [3.8, 4) is 5.75 Å². The van der Waals surface area contributed by atoms with Crippen LogP contribution in [0.4, 0.5) is 0 Å². The molecule has 2 heterocycles. The number of carbonyl (C=O) groups is 2. The Labute approximate surface area is 193 Å². The number of Topliss-reactive ketones (excluding diaryl/α,β-unsaturated/α-hetero) is 1. The Morgan fingerprint density at radius 2 is 1.76 bits per heavy atom. The number of aliphatic hydroxyl groups is 1. The van der Waals surface area contributed by atoms with Crippen molar-refractivity contribution in [2.24, 2.45) is 0 Å². The maximum Gasteiger partial charge on any atom is 0.296 e. The van der Waals surface area contributed by atoms with E-state index in [-0.39, 0.29) is 17.9 Å². The van der Waals surface area contributed by atoms with Gasteiger partial charge in [-0.25, -0.2) is 0 Å². The van der Waals surface area contributed by atoms with E-state index in [1.807, 2.05) is 30.3 Å². The van der Waals surface area contributed by atoms with Crippen molar-refractivity contribution in [1.29, 1.82) is 0 Å². The first-order chi connectivity index (χ1) is 16.1. The topological polar surface area (TPSA) is 80.0 Å². The van der Waals surface area contributed by atoms with Crippen molar-refractivity contribution < 1.29 is 23.8 Å². The van der Waals surface area contributed by atoms with Gasteiger partial charge in [0.15, 0.2) is 0 Å². The predicted molar refractivity (Wildman–Crippen MR) is 124 cm³/mol. The van der Waals surface area contributed by atoms with E-state index in [9.17, 15) is 14.7 Å². The molecule has 1 aromatic heterocycles. The van der Waals surface area contributed by atoms with Gasteiger partial charge >= 0.3 is 0 Å². The van der Waals surface area contributed by atoms with Crippen LogP contribution in [-0.2, 0) is 16.1 Å². The van der Waals surface area contributed by atoms with Gasteiger partial charge in [-0.05, 0) is 36.2 Å². The van der Waals surface area contributed by atoms with Gasteiger partial charge in [-0.1, -0.05) is 62.2 Å². The highest BCUT2D eigenvalue weighted by atomic mass is 16.5. The minimum absolute atomic E-state index is 0.0642. The molecule has 6 nitrogen and oxygen atoms in total. The van der Waals surface area contributed by atoms with E-state index >= 15 is 0 Å². The molecular weight excluding hydrogens is 418 g/mol. The number of furan rings is 1. The van der Waals surface area contributed by atoms with E-state index in [4.69, 9.17) is 9.15 Å². The Balaban J connectivity index is 1.70. The second-order valence-electron chi connectivity index (χ2n) is 8.00. The van der Waals surface area contributed by atoms with Crippen LogP contribution in [-0.4, -0.2) is 28.3 Å². The molecule has 0 saturated carbocycles. The van der Waals surface area contributed by atoms with Gasteiger partial charge in [0.25, 0.3) is 11.7 Å². The molecule has 0 spiro atoms. The molecule has 1 saturated heterocycles. The van der Waals surface area contributed by atoms with Crippen LogP contribution < -0.4 is 4.74 Å². The smallest absolute Gasteiger partial charge is 0.296 e. The first kappa shape index (κ1) is 22.4. The number of carbonyl (C=O) groups excluding carboxylic acids is 2. The molecule has 3 aromatic rings. The quantitative estimate of drug-likeness (QED) is 0.204. The molecule has 0 radical (unpaired) electrons. The summed E-state index contributed by atoms with van der Waals surface area (Å²) in [6.45, 7) is 2.89. The summed E-state index contributed by atoms with van der Waals surface area (Å²) < 4.78 is 11.2. The fourth-order valence-electron chi connectivity index (χ4n) is 4.00. The van der Waals surface area contributed by atoms with Crippen LogP contribution in [0.1, 0.15) is 49.1 Å². The molecule has 170 valence electrons. The monoisotopic (exact) mass is 445 g/mol. The minimum atomic E-state index is -0.746. The van der Waals surface area contributed by atoms with Crippen LogP contribution >= 0.6 is 0 Å². The van der Waals surface area contributed by atoms with Crippen LogP contribution in [0.3, 0.4) is 0 Å². The molecule has 1 fully saturated rings. The Bertz CT molecular complexity index is 1120. The fraction of sp³-hybridized carbons (Fsp3) is 0.259. The van der Waals surface area contributed by atoms with Gasteiger partial charge < -0.3 is 19.2 Å². The van der Waals surface area contributed by atoms with E-state index in [2.05, 4.69) is 6.92 Å². The van der Waals surface area contributed by atoms with Crippen LogP contribution in [0.5, 0.6) is 5.75 Å². The molecule has 1 atom stereocenters. The molecule has 0 bridgehead atoms. The molecule has 1 unspecified atom stereocenters. The highest BCUT2D eigenvalue weighted by Gasteiger charge is 2.46. The Morgan fingerprint density at radius 1 is 1.00 bits per heavy atom. The fourth-order valence-corrected chi connectivity index (χ4v) is 4.00. The Hall–Kier alpha value is -3.80. The van der Waals surface area contributed by atoms with Gasteiger partial charge in [0.05, 0.1) is 31.0 Å². The maximum atomic E-state index is 13.0. The lowest BCUT2D eigenvalue weighted by molar-refractivity contribution is -0.140. The third kappa shape index (κ3) is 4.85. The number of ketones is 1. The third-order valence-corrected chi connectivity index (χ3v) is 5.71. The summed E-state index contributed by atoms with van der Waals surface area (Å²) in [6, 6.07) is 18.8. The van der Waals surface area contributed by atoms with Crippen molar-refractivity contribution in [3.63, 3.8) is 0 Å². The van der Waals surface area contributed by atoms with Gasteiger partial charge in [0.2, 0.25) is 0 Å². The molecule has 33 heavy (non-hydrogen) atoms. The molecule has 1 aliphatic rings. The summed E-state index contributed by atoms with van der Waals surface area (Å²) in [5, 5.41) is 11.0. The number of nitrogens with zero attached hydrogens (tertiary/aromatic N) is 1. The number of aliphatic hydroxyl groups excluding tert-OH is 1. The van der Waals surface area contributed by atoms with Crippen molar-refractivity contribution >= 4 is 17.4 Å². The number of likely N-dealkylation sites (tertiary alicyclic amines) is 1. The average molecular weight is 446 g/mol. The van der Waals surface area contributed by atoms with Gasteiger partial charge in [-0.2, -0.15) is 0 Å². The normalized spacial score (nSPS) is 17.5. The zero-order valence-electron chi connectivity index (χ0n) is 18.6. The first-order valence-corrected chi connectivity index (χ1v) is 11.2. The SMILES string of the molecule is CCCCCOc1ccc(C2/C(=C(\O)c3ccccc3)C(=O)C(=O)N2Cc2ccco2)cc1. The zero-order valence-corrected chi connectivity index (χ0v) is 18.6. The van der Waals surface area contributed by atoms with E-state index in [1.54, 1.807) is 36.4 Å². The van der Waals surface area contributed by atoms with Gasteiger partial charge in [0.1, 0.15) is 17.3 Å². The van der Waals surface area contributed by atoms with Crippen molar-refractivity contribution in [1.82, 2.24) is 4.90 Å². The largest absolute Gasteiger partial charge is 0.507 e. The lowest BCUT2D eigenvalue weighted by Gasteiger charge is -2.24. The van der Waals surface area contributed by atoms with Crippen LogP contribution in [0, 0.1) is 0 Å². The van der Waals surface area contributed by atoms with Crippen molar-refractivity contribution in [3.05, 3.63) is 95.5 Å². The predicted octanol–water partition coefficient (Wildman–Crippen LogP) is 5.47. The van der Waals surface area contributed by atoms with Crippen LogP contribution in [0.2, 0.25) is 0 Å². The van der Waals surface area contributed by atoms with Crippen LogP contribution in [0.25, 0.3) is 5.76 Å². The van der Waals surface area contributed by atoms with Gasteiger partial charge in [-0.15, -0.1) is 0 Å². The minimum Gasteiger partial charge on any atom is -0.507 e. The van der Waals surface area contributed by atoms with Crippen molar-refractivity contribution in [2.45, 2.75) is 38.8 Å². The number of ether oxygens (including phenoxy) is 1. The Kier molecular flexibility index (Phi) is 6.93. The van der Waals surface area contributed by atoms with E-state index < -0.39 is 17.7 Å². The molecule has 1 N–H and O–H groups in total. The summed E-state index contributed by atoms with van der Waals surface area (Å²) in [6.07, 6.45) is 4.74. The number of amides is 1. The standard InChI is InChI=1S/C27H27NO5/c1-2-3-7-16-32-21-14-12-19(13-15-21)24-23(25(29)20-9-5-4-6-10-20)26(30)27(31)28(24)18-22-11-8-17-33-22/h4-6,8-15,17,24,29H,2-3,7,16,18H2,1H3/b25-23+. The second-order valence-corrected chi connectivity index (χ2v) is 8.00. The highest BCUT2D eigenvalue weighted by molar-refractivity contribution is 6.46. The number of rotatable bonds is 9. The summed E-state index contributed by atoms with van der Waals surface area (Å²) >= 11 is 0. The first-order valence-electron chi connectivity index (χ1n) is 11.2. The average Bonchev–Trinajstić information content (AvgIpc) is 3.45. The molecule has 6 heteroatoms. The number of hydrogen-bond donors (Lipinski definition) is 1. The lowest BCUT2D eigenvalue weighted by atomic mass is 9.95. The van der Waals surface area contributed by atoms with E-state index in [0.717, 1.165) is 25.0 Å². The maximum absolute atomic E-state index is 13.0. The summed E-state index contributed by atoms with van der Waals surface area (Å²) in [7, 11) is 0. The summed E-state index contributed by atoms with van der Waals surface area (Å²) in [5.41, 5.74) is 1.25. The van der Waals surface area contributed by atoms with Gasteiger partial charge in [-0.3, -0.25) is 9.59 Å².